The van der Waals surface area contributed by atoms with Gasteiger partial charge in [0.2, 0.25) is 0 Å². The van der Waals surface area contributed by atoms with Gasteiger partial charge in [-0.2, -0.15) is 0 Å². The maximum absolute atomic E-state index is 8.82. The summed E-state index contributed by atoms with van der Waals surface area (Å²) in [6, 6.07) is 0. The van der Waals surface area contributed by atoms with Crippen molar-refractivity contribution in [3.8, 4) is 0 Å². The van der Waals surface area contributed by atoms with Crippen LogP contribution in [-0.4, -0.2) is 11.7 Å². The van der Waals surface area contributed by atoms with Crippen molar-refractivity contribution in [1.82, 2.24) is 0 Å². The van der Waals surface area contributed by atoms with Gasteiger partial charge < -0.3 is 10.8 Å². The van der Waals surface area contributed by atoms with Gasteiger partial charge in [0.25, 0.3) is 0 Å². The van der Waals surface area contributed by atoms with Crippen molar-refractivity contribution in [2.75, 3.05) is 6.54 Å². The van der Waals surface area contributed by atoms with E-state index in [4.69, 9.17) is 10.8 Å². The first-order valence-electron chi connectivity index (χ1n) is 3.03. The molecule has 0 aromatic rings. The third-order valence-corrected chi connectivity index (χ3v) is 0.918. The lowest BCUT2D eigenvalue weighted by atomic mass is 10.3. The smallest absolute Gasteiger partial charge is 0.110 e. The molecule has 0 amide bonds. The zero-order chi connectivity index (χ0) is 7.11. The number of hydrogen-bond acceptors (Lipinski definition) is 2. The predicted octanol–water partition coefficient (Wildman–Crippen LogP) is 1.35. The summed E-state index contributed by atoms with van der Waals surface area (Å²) in [5, 5.41) is 8.82. The molecule has 9 heavy (non-hydrogen) atoms. The van der Waals surface area contributed by atoms with E-state index in [1.807, 2.05) is 6.08 Å². The molecule has 0 aliphatic heterocycles. The summed E-state index contributed by atoms with van der Waals surface area (Å²) in [7, 11) is 0. The van der Waals surface area contributed by atoms with Crippen LogP contribution in [0.3, 0.4) is 0 Å². The Balaban J connectivity index is 3.45. The maximum Gasteiger partial charge on any atom is 0.110 e. The second-order valence-electron chi connectivity index (χ2n) is 1.69. The van der Waals surface area contributed by atoms with Gasteiger partial charge in [-0.05, 0) is 32.0 Å². The summed E-state index contributed by atoms with van der Waals surface area (Å²) < 4.78 is 0. The Bertz CT molecular complexity index is 116. The first-order valence-corrected chi connectivity index (χ1v) is 3.03. The number of hydrogen-bond donors (Lipinski definition) is 2. The minimum absolute atomic E-state index is 0.295. The van der Waals surface area contributed by atoms with Gasteiger partial charge in [0.05, 0.1) is 0 Å². The van der Waals surface area contributed by atoms with Crippen molar-refractivity contribution in [3.05, 3.63) is 24.0 Å². The van der Waals surface area contributed by atoms with Crippen molar-refractivity contribution < 1.29 is 5.11 Å². The molecule has 0 saturated heterocycles. The fraction of sp³-hybridized carbons (Fsp3) is 0.429. The number of nitrogens with two attached hydrogens (primary N) is 1. The highest BCUT2D eigenvalue weighted by Crippen LogP contribution is 1.90. The van der Waals surface area contributed by atoms with Crippen molar-refractivity contribution in [2.45, 2.75) is 13.3 Å². The van der Waals surface area contributed by atoms with E-state index in [0.717, 1.165) is 6.42 Å². The van der Waals surface area contributed by atoms with Crippen LogP contribution in [0.2, 0.25) is 0 Å². The van der Waals surface area contributed by atoms with E-state index >= 15 is 0 Å². The van der Waals surface area contributed by atoms with Gasteiger partial charge in [-0.25, -0.2) is 0 Å². The molecule has 0 fully saturated rings. The lowest BCUT2D eigenvalue weighted by Crippen LogP contribution is -1.95. The topological polar surface area (TPSA) is 46.2 Å². The van der Waals surface area contributed by atoms with E-state index in [1.165, 1.54) is 0 Å². The molecule has 0 bridgehead atoms. The zero-order valence-electron chi connectivity index (χ0n) is 5.67. The van der Waals surface area contributed by atoms with Crippen LogP contribution >= 0.6 is 0 Å². The van der Waals surface area contributed by atoms with Gasteiger partial charge in [0, 0.05) is 0 Å². The SMILES string of the molecule is C/C=C(O)\C=C/CCN. The van der Waals surface area contributed by atoms with E-state index in [9.17, 15) is 0 Å². The summed E-state index contributed by atoms with van der Waals surface area (Å²) >= 11 is 0. The Hall–Kier alpha value is -0.760. The van der Waals surface area contributed by atoms with Gasteiger partial charge in [0.1, 0.15) is 5.76 Å². The number of aliphatic hydroxyl groups excluding tert-OH is 1. The largest absolute Gasteiger partial charge is 0.508 e. The summed E-state index contributed by atoms with van der Waals surface area (Å²) in [5.74, 6) is 0.295. The van der Waals surface area contributed by atoms with Crippen LogP contribution in [0.4, 0.5) is 0 Å². The molecule has 0 radical (unpaired) electrons. The Morgan fingerprint density at radius 1 is 1.67 bits per heavy atom. The molecular weight excluding hydrogens is 114 g/mol. The molecule has 0 aliphatic rings. The summed E-state index contributed by atoms with van der Waals surface area (Å²) in [4.78, 5) is 0. The standard InChI is InChI=1S/C7H13NO/c1-2-7(9)5-3-4-6-8/h2-3,5,9H,4,6,8H2,1H3/b5-3-,7-2+. The Morgan fingerprint density at radius 3 is 2.78 bits per heavy atom. The average Bonchev–Trinajstić information content (AvgIpc) is 1.89. The lowest BCUT2D eigenvalue weighted by Gasteiger charge is -1.86. The summed E-state index contributed by atoms with van der Waals surface area (Å²) in [6.07, 6.45) is 5.94. The van der Waals surface area contributed by atoms with Crippen LogP contribution in [0.25, 0.3) is 0 Å². The minimum Gasteiger partial charge on any atom is -0.508 e. The average molecular weight is 127 g/mol. The van der Waals surface area contributed by atoms with Crippen LogP contribution in [0, 0.1) is 0 Å². The fourth-order valence-corrected chi connectivity index (χ4v) is 0.397. The van der Waals surface area contributed by atoms with Crippen molar-refractivity contribution in [2.24, 2.45) is 5.73 Å². The molecule has 0 unspecified atom stereocenters. The molecule has 52 valence electrons. The third-order valence-electron chi connectivity index (χ3n) is 0.918. The molecule has 0 atom stereocenters. The van der Waals surface area contributed by atoms with Crippen LogP contribution in [-0.2, 0) is 0 Å². The Kier molecular flexibility index (Phi) is 4.92. The monoisotopic (exact) mass is 127 g/mol. The second-order valence-corrected chi connectivity index (χ2v) is 1.69. The fourth-order valence-electron chi connectivity index (χ4n) is 0.397. The van der Waals surface area contributed by atoms with E-state index in [-0.39, 0.29) is 0 Å². The summed E-state index contributed by atoms with van der Waals surface area (Å²) in [5.41, 5.74) is 5.20. The number of aliphatic hydroxyl groups is 1. The molecule has 0 aromatic carbocycles. The highest BCUT2D eigenvalue weighted by molar-refractivity contribution is 5.08. The molecule has 3 N–H and O–H groups in total. The predicted molar refractivity (Wildman–Crippen MR) is 39.2 cm³/mol. The van der Waals surface area contributed by atoms with Crippen LogP contribution in [0.15, 0.2) is 24.0 Å². The molecule has 0 rings (SSSR count). The molecule has 0 saturated carbocycles. The van der Waals surface area contributed by atoms with Crippen LogP contribution < -0.4 is 5.73 Å². The van der Waals surface area contributed by atoms with Crippen LogP contribution in [0.1, 0.15) is 13.3 Å². The highest BCUT2D eigenvalue weighted by Gasteiger charge is 1.77. The van der Waals surface area contributed by atoms with E-state index in [1.54, 1.807) is 19.1 Å². The molecule has 0 aliphatic carbocycles. The number of allylic oxidation sites excluding steroid dienone is 2. The first-order chi connectivity index (χ1) is 4.31. The normalized spacial score (nSPS) is 12.9. The Morgan fingerprint density at radius 2 is 2.33 bits per heavy atom. The van der Waals surface area contributed by atoms with Gasteiger partial charge in [0.15, 0.2) is 0 Å². The molecule has 0 aromatic heterocycles. The highest BCUT2D eigenvalue weighted by atomic mass is 16.3. The van der Waals surface area contributed by atoms with Gasteiger partial charge >= 0.3 is 0 Å². The molecule has 0 heterocycles. The quantitative estimate of drug-likeness (QED) is 0.444. The minimum atomic E-state index is 0.295. The van der Waals surface area contributed by atoms with Crippen LogP contribution in [0.5, 0.6) is 0 Å². The van der Waals surface area contributed by atoms with Gasteiger partial charge in [-0.3, -0.25) is 0 Å². The van der Waals surface area contributed by atoms with Crippen molar-refractivity contribution >= 4 is 0 Å². The van der Waals surface area contributed by atoms with Crippen molar-refractivity contribution in [1.29, 1.82) is 0 Å². The molecule has 0 spiro atoms. The number of rotatable bonds is 3. The Labute approximate surface area is 55.7 Å². The van der Waals surface area contributed by atoms with Gasteiger partial charge in [-0.15, -0.1) is 0 Å². The van der Waals surface area contributed by atoms with E-state index in [0.29, 0.717) is 12.3 Å². The zero-order valence-corrected chi connectivity index (χ0v) is 5.67. The van der Waals surface area contributed by atoms with Gasteiger partial charge in [-0.1, -0.05) is 6.08 Å². The second kappa shape index (κ2) is 5.38. The van der Waals surface area contributed by atoms with Crippen molar-refractivity contribution in [3.63, 3.8) is 0 Å². The first kappa shape index (κ1) is 8.24. The third kappa shape index (κ3) is 5.11. The summed E-state index contributed by atoms with van der Waals surface area (Å²) in [6.45, 7) is 2.41. The van der Waals surface area contributed by atoms with E-state index in [2.05, 4.69) is 0 Å². The lowest BCUT2D eigenvalue weighted by molar-refractivity contribution is 0.431. The maximum atomic E-state index is 8.82. The molecular formula is C7H13NO. The molecule has 2 nitrogen and oxygen atoms in total. The molecule has 2 heteroatoms. The van der Waals surface area contributed by atoms with E-state index < -0.39 is 0 Å².